The summed E-state index contributed by atoms with van der Waals surface area (Å²) in [6.45, 7) is 2.80. The molecule has 1 atom stereocenters. The van der Waals surface area contributed by atoms with Crippen molar-refractivity contribution in [2.24, 2.45) is 5.92 Å². The molecule has 1 fully saturated rings. The van der Waals surface area contributed by atoms with E-state index in [-0.39, 0.29) is 0 Å². The zero-order valence-electron chi connectivity index (χ0n) is 7.53. The molecule has 72 valence electrons. The maximum atomic E-state index is 5.41. The van der Waals surface area contributed by atoms with E-state index in [0.29, 0.717) is 5.92 Å². The van der Waals surface area contributed by atoms with Gasteiger partial charge in [0.2, 0.25) is 0 Å². The van der Waals surface area contributed by atoms with Crippen LogP contribution in [-0.4, -0.2) is 22.8 Å². The number of nitrogens with one attached hydrogen (secondary N) is 1. The van der Waals surface area contributed by atoms with E-state index in [1.807, 2.05) is 12.4 Å². The van der Waals surface area contributed by atoms with Crippen molar-refractivity contribution in [2.45, 2.75) is 19.4 Å². The lowest BCUT2D eigenvalue weighted by atomic mass is 10.0. The first-order chi connectivity index (χ1) is 6.36. The third-order valence-corrected chi connectivity index (χ3v) is 2.78. The predicted octanol–water partition coefficient (Wildman–Crippen LogP) is 1.97. The predicted molar refractivity (Wildman–Crippen MR) is 53.2 cm³/mol. The molecule has 1 aromatic rings. The Morgan fingerprint density at radius 1 is 1.69 bits per heavy atom. The van der Waals surface area contributed by atoms with Crippen LogP contribution in [-0.2, 0) is 11.3 Å². The van der Waals surface area contributed by atoms with Crippen LogP contribution in [0, 0.1) is 10.7 Å². The van der Waals surface area contributed by atoms with E-state index < -0.39 is 0 Å². The number of ether oxygens (including phenoxy) is 1. The number of H-pyrrole nitrogens is 1. The quantitative estimate of drug-likeness (QED) is 0.736. The van der Waals surface area contributed by atoms with E-state index in [1.165, 1.54) is 12.8 Å². The number of rotatable bonds is 2. The molecule has 0 amide bonds. The lowest BCUT2D eigenvalue weighted by molar-refractivity contribution is 0.0482. The van der Waals surface area contributed by atoms with E-state index in [0.717, 1.165) is 24.5 Å². The molecule has 13 heavy (non-hydrogen) atoms. The Hall–Kier alpha value is -0.610. The standard InChI is InChI=1S/C9H14N2OS/c13-9-10-3-4-11(9)6-8-2-1-5-12-7-8/h3-4,8H,1-2,5-7H2,(H,10,13). The fourth-order valence-corrected chi connectivity index (χ4v) is 1.93. The first-order valence-corrected chi connectivity index (χ1v) is 5.08. The van der Waals surface area contributed by atoms with E-state index in [4.69, 9.17) is 17.0 Å². The third kappa shape index (κ3) is 2.19. The monoisotopic (exact) mass is 198 g/mol. The summed E-state index contributed by atoms with van der Waals surface area (Å²) in [7, 11) is 0. The van der Waals surface area contributed by atoms with Crippen LogP contribution in [0.25, 0.3) is 0 Å². The highest BCUT2D eigenvalue weighted by molar-refractivity contribution is 7.71. The first kappa shape index (κ1) is 8.97. The second-order valence-corrected chi connectivity index (χ2v) is 3.89. The van der Waals surface area contributed by atoms with Gasteiger partial charge in [0, 0.05) is 31.5 Å². The van der Waals surface area contributed by atoms with Crippen LogP contribution in [0.2, 0.25) is 0 Å². The minimum Gasteiger partial charge on any atom is -0.381 e. The number of hydrogen-bond donors (Lipinski definition) is 1. The van der Waals surface area contributed by atoms with Crippen molar-refractivity contribution in [3.8, 4) is 0 Å². The molecule has 1 N–H and O–H groups in total. The Labute approximate surface area is 82.7 Å². The number of imidazole rings is 1. The molecule has 2 rings (SSSR count). The number of nitrogens with zero attached hydrogens (tertiary/aromatic N) is 1. The van der Waals surface area contributed by atoms with Gasteiger partial charge < -0.3 is 14.3 Å². The molecule has 2 heterocycles. The Kier molecular flexibility index (Phi) is 2.80. The number of aromatic nitrogens is 2. The minimum atomic E-state index is 0.635. The van der Waals surface area contributed by atoms with Gasteiger partial charge in [-0.1, -0.05) is 0 Å². The molecule has 0 bridgehead atoms. The fraction of sp³-hybridized carbons (Fsp3) is 0.667. The van der Waals surface area contributed by atoms with Crippen LogP contribution >= 0.6 is 12.2 Å². The van der Waals surface area contributed by atoms with Gasteiger partial charge in [-0.15, -0.1) is 0 Å². The normalized spacial score (nSPS) is 23.2. The van der Waals surface area contributed by atoms with Crippen LogP contribution in [0.3, 0.4) is 0 Å². The van der Waals surface area contributed by atoms with Crippen molar-refractivity contribution >= 4 is 12.2 Å². The molecule has 1 aromatic heterocycles. The highest BCUT2D eigenvalue weighted by atomic mass is 32.1. The van der Waals surface area contributed by atoms with Crippen molar-refractivity contribution < 1.29 is 4.74 Å². The summed E-state index contributed by atoms with van der Waals surface area (Å²) >= 11 is 5.12. The molecule has 3 nitrogen and oxygen atoms in total. The van der Waals surface area contributed by atoms with Gasteiger partial charge in [0.25, 0.3) is 0 Å². The van der Waals surface area contributed by atoms with Crippen LogP contribution in [0.4, 0.5) is 0 Å². The summed E-state index contributed by atoms with van der Waals surface area (Å²) in [6, 6.07) is 0. The van der Waals surface area contributed by atoms with E-state index >= 15 is 0 Å². The maximum absolute atomic E-state index is 5.41. The van der Waals surface area contributed by atoms with E-state index in [2.05, 4.69) is 9.55 Å². The van der Waals surface area contributed by atoms with Crippen molar-refractivity contribution in [1.82, 2.24) is 9.55 Å². The van der Waals surface area contributed by atoms with Crippen molar-refractivity contribution in [2.75, 3.05) is 13.2 Å². The Balaban J connectivity index is 1.97. The average molecular weight is 198 g/mol. The van der Waals surface area contributed by atoms with E-state index in [1.54, 1.807) is 0 Å². The molecule has 0 aromatic carbocycles. The number of aromatic amines is 1. The van der Waals surface area contributed by atoms with Crippen LogP contribution in [0.15, 0.2) is 12.4 Å². The summed E-state index contributed by atoms with van der Waals surface area (Å²) in [5.74, 6) is 0.635. The van der Waals surface area contributed by atoms with Gasteiger partial charge in [-0.2, -0.15) is 0 Å². The van der Waals surface area contributed by atoms with Crippen LogP contribution < -0.4 is 0 Å². The largest absolute Gasteiger partial charge is 0.381 e. The topological polar surface area (TPSA) is 29.9 Å². The van der Waals surface area contributed by atoms with Gasteiger partial charge in [0.05, 0.1) is 6.61 Å². The van der Waals surface area contributed by atoms with E-state index in [9.17, 15) is 0 Å². The highest BCUT2D eigenvalue weighted by Crippen LogP contribution is 2.15. The second-order valence-electron chi connectivity index (χ2n) is 3.50. The zero-order valence-corrected chi connectivity index (χ0v) is 8.35. The SMILES string of the molecule is S=c1[nH]ccn1CC1CCCOC1. The molecular formula is C9H14N2OS. The fourth-order valence-electron chi connectivity index (χ4n) is 1.72. The summed E-state index contributed by atoms with van der Waals surface area (Å²) in [5.41, 5.74) is 0. The van der Waals surface area contributed by atoms with Gasteiger partial charge >= 0.3 is 0 Å². The lowest BCUT2D eigenvalue weighted by Crippen LogP contribution is -2.21. The summed E-state index contributed by atoms with van der Waals surface area (Å²) in [6.07, 6.45) is 6.32. The average Bonchev–Trinajstić information content (AvgIpc) is 2.54. The molecule has 1 saturated heterocycles. The second kappa shape index (κ2) is 4.07. The zero-order chi connectivity index (χ0) is 9.10. The maximum Gasteiger partial charge on any atom is 0.177 e. The lowest BCUT2D eigenvalue weighted by Gasteiger charge is -2.22. The Morgan fingerprint density at radius 3 is 3.23 bits per heavy atom. The molecule has 0 spiro atoms. The van der Waals surface area contributed by atoms with Gasteiger partial charge in [0.1, 0.15) is 0 Å². The molecule has 0 aliphatic carbocycles. The molecule has 4 heteroatoms. The van der Waals surface area contributed by atoms with Gasteiger partial charge in [0.15, 0.2) is 4.77 Å². The summed E-state index contributed by atoms with van der Waals surface area (Å²) in [4.78, 5) is 3.00. The van der Waals surface area contributed by atoms with Crippen LogP contribution in [0.1, 0.15) is 12.8 Å². The molecule has 0 radical (unpaired) electrons. The van der Waals surface area contributed by atoms with Crippen molar-refractivity contribution in [1.29, 1.82) is 0 Å². The van der Waals surface area contributed by atoms with Crippen molar-refractivity contribution in [3.05, 3.63) is 17.2 Å². The summed E-state index contributed by atoms with van der Waals surface area (Å²) < 4.78 is 8.30. The first-order valence-electron chi connectivity index (χ1n) is 4.68. The van der Waals surface area contributed by atoms with Gasteiger partial charge in [-0.25, -0.2) is 0 Å². The summed E-state index contributed by atoms with van der Waals surface area (Å²) in [5, 5.41) is 0. The molecule has 1 aliphatic heterocycles. The van der Waals surface area contributed by atoms with Crippen molar-refractivity contribution in [3.63, 3.8) is 0 Å². The third-order valence-electron chi connectivity index (χ3n) is 2.43. The Bertz CT molecular complexity index is 311. The van der Waals surface area contributed by atoms with Crippen LogP contribution in [0.5, 0.6) is 0 Å². The number of hydrogen-bond acceptors (Lipinski definition) is 2. The highest BCUT2D eigenvalue weighted by Gasteiger charge is 2.14. The van der Waals surface area contributed by atoms with Gasteiger partial charge in [-0.3, -0.25) is 0 Å². The Morgan fingerprint density at radius 2 is 2.62 bits per heavy atom. The molecule has 1 aliphatic rings. The van der Waals surface area contributed by atoms with Gasteiger partial charge in [-0.05, 0) is 25.1 Å². The smallest absolute Gasteiger partial charge is 0.177 e. The minimum absolute atomic E-state index is 0.635. The molecule has 0 saturated carbocycles. The molecule has 1 unspecified atom stereocenters. The molecular weight excluding hydrogens is 184 g/mol.